The average Bonchev–Trinajstić information content (AvgIpc) is 2.26. The Balaban J connectivity index is 2.70. The third-order valence-electron chi connectivity index (χ3n) is 2.47. The van der Waals surface area contributed by atoms with Crippen LogP contribution in [0.4, 0.5) is 0 Å². The summed E-state index contributed by atoms with van der Waals surface area (Å²) in [6, 6.07) is 0.706. The maximum atomic E-state index is 5.38. The van der Waals surface area contributed by atoms with Gasteiger partial charge >= 0.3 is 8.80 Å². The summed E-state index contributed by atoms with van der Waals surface area (Å²) in [7, 11) is 4.47. The molecule has 0 aromatic heterocycles. The zero-order chi connectivity index (χ0) is 11.3. The van der Waals surface area contributed by atoms with E-state index < -0.39 is 8.80 Å². The Labute approximate surface area is 92.5 Å². The monoisotopic (exact) mass is 229 g/mol. The molecule has 0 fully saturated rings. The molecule has 0 bridgehead atoms. The van der Waals surface area contributed by atoms with Crippen molar-refractivity contribution in [3.05, 3.63) is 23.9 Å². The fraction of sp³-hybridized carbons (Fsp3) is 0.600. The summed E-state index contributed by atoms with van der Waals surface area (Å²) in [5, 5.41) is 0. The minimum atomic E-state index is -2.48. The van der Waals surface area contributed by atoms with Crippen molar-refractivity contribution in [1.82, 2.24) is 4.90 Å². The SMILES string of the molecule is CO[Si](CC1=CN(C)CC=C1)(OC)OC. The number of rotatable bonds is 5. The second kappa shape index (κ2) is 5.46. The van der Waals surface area contributed by atoms with Gasteiger partial charge in [-0.2, -0.15) is 0 Å². The van der Waals surface area contributed by atoms with Crippen LogP contribution in [0, 0.1) is 0 Å². The van der Waals surface area contributed by atoms with Crippen molar-refractivity contribution in [2.45, 2.75) is 6.04 Å². The fourth-order valence-corrected chi connectivity index (χ4v) is 3.21. The number of allylic oxidation sites excluding steroid dienone is 2. The zero-order valence-electron chi connectivity index (χ0n) is 9.82. The molecule has 1 aliphatic rings. The van der Waals surface area contributed by atoms with Gasteiger partial charge in [0.15, 0.2) is 0 Å². The maximum Gasteiger partial charge on any atom is 0.504 e. The molecule has 0 aromatic rings. The number of nitrogens with zero attached hydrogens (tertiary/aromatic N) is 1. The highest BCUT2D eigenvalue weighted by atomic mass is 28.4. The Morgan fingerprint density at radius 2 is 1.87 bits per heavy atom. The Morgan fingerprint density at radius 1 is 1.27 bits per heavy atom. The summed E-state index contributed by atoms with van der Waals surface area (Å²) in [6.07, 6.45) is 6.31. The van der Waals surface area contributed by atoms with Gasteiger partial charge in [-0.3, -0.25) is 0 Å². The molecule has 0 amide bonds. The molecule has 15 heavy (non-hydrogen) atoms. The molecule has 0 N–H and O–H groups in total. The summed E-state index contributed by atoms with van der Waals surface area (Å²) < 4.78 is 16.1. The van der Waals surface area contributed by atoms with Crippen molar-refractivity contribution in [2.75, 3.05) is 34.9 Å². The summed E-state index contributed by atoms with van der Waals surface area (Å²) in [4.78, 5) is 2.12. The Kier molecular flexibility index (Phi) is 4.53. The van der Waals surface area contributed by atoms with Crippen LogP contribution in [0.1, 0.15) is 0 Å². The van der Waals surface area contributed by atoms with Crippen LogP contribution in [0.3, 0.4) is 0 Å². The van der Waals surface area contributed by atoms with Crippen molar-refractivity contribution in [1.29, 1.82) is 0 Å². The van der Waals surface area contributed by atoms with E-state index >= 15 is 0 Å². The summed E-state index contributed by atoms with van der Waals surface area (Å²) >= 11 is 0. The molecular formula is C10H19NO3Si. The molecule has 0 radical (unpaired) electrons. The minimum absolute atomic E-state index is 0.706. The van der Waals surface area contributed by atoms with Gasteiger partial charge in [0.25, 0.3) is 0 Å². The lowest BCUT2D eigenvalue weighted by Crippen LogP contribution is -2.43. The molecule has 1 heterocycles. The van der Waals surface area contributed by atoms with Gasteiger partial charge in [0.05, 0.1) is 0 Å². The standard InChI is InChI=1S/C10H19NO3Si/c1-11-7-5-6-10(8-11)9-15(12-2,13-3)14-4/h5-6,8H,7,9H2,1-4H3. The lowest BCUT2D eigenvalue weighted by Gasteiger charge is -2.26. The van der Waals surface area contributed by atoms with Crippen molar-refractivity contribution < 1.29 is 13.3 Å². The van der Waals surface area contributed by atoms with Gasteiger partial charge in [-0.1, -0.05) is 12.2 Å². The van der Waals surface area contributed by atoms with Crippen LogP contribution in [-0.2, 0) is 13.3 Å². The van der Waals surface area contributed by atoms with Crippen LogP contribution in [0.2, 0.25) is 6.04 Å². The van der Waals surface area contributed by atoms with Crippen LogP contribution >= 0.6 is 0 Å². The van der Waals surface area contributed by atoms with Gasteiger partial charge in [0.1, 0.15) is 0 Å². The van der Waals surface area contributed by atoms with Crippen molar-refractivity contribution in [3.63, 3.8) is 0 Å². The second-order valence-electron chi connectivity index (χ2n) is 3.52. The lowest BCUT2D eigenvalue weighted by atomic mass is 10.2. The third kappa shape index (κ3) is 3.17. The average molecular weight is 229 g/mol. The minimum Gasteiger partial charge on any atom is -0.377 e. The first kappa shape index (κ1) is 12.4. The molecule has 0 atom stereocenters. The highest BCUT2D eigenvalue weighted by Gasteiger charge is 2.38. The third-order valence-corrected chi connectivity index (χ3v) is 5.17. The Hall–Kier alpha value is -0.623. The van der Waals surface area contributed by atoms with Crippen molar-refractivity contribution in [3.8, 4) is 0 Å². The molecule has 86 valence electrons. The first-order chi connectivity index (χ1) is 7.15. The first-order valence-corrected chi connectivity index (χ1v) is 6.82. The van der Waals surface area contributed by atoms with Crippen LogP contribution in [0.25, 0.3) is 0 Å². The first-order valence-electron chi connectivity index (χ1n) is 4.88. The van der Waals surface area contributed by atoms with Crippen molar-refractivity contribution >= 4 is 8.80 Å². The van der Waals surface area contributed by atoms with E-state index in [4.69, 9.17) is 13.3 Å². The van der Waals surface area contributed by atoms with E-state index in [0.29, 0.717) is 6.04 Å². The molecular weight excluding hydrogens is 210 g/mol. The van der Waals surface area contributed by atoms with E-state index in [1.807, 2.05) is 7.05 Å². The fourth-order valence-electron chi connectivity index (χ4n) is 1.57. The van der Waals surface area contributed by atoms with Gasteiger partial charge in [-0.25, -0.2) is 0 Å². The van der Waals surface area contributed by atoms with E-state index in [1.165, 1.54) is 5.57 Å². The largest absolute Gasteiger partial charge is 0.504 e. The van der Waals surface area contributed by atoms with Crippen LogP contribution < -0.4 is 0 Å². The van der Waals surface area contributed by atoms with Crippen molar-refractivity contribution in [2.24, 2.45) is 0 Å². The molecule has 0 aromatic carbocycles. The van der Waals surface area contributed by atoms with Gasteiger partial charge in [0, 0.05) is 47.2 Å². The van der Waals surface area contributed by atoms with E-state index in [-0.39, 0.29) is 0 Å². The van der Waals surface area contributed by atoms with Gasteiger partial charge in [-0.15, -0.1) is 0 Å². The predicted octanol–water partition coefficient (Wildman–Crippen LogP) is 1.25. The van der Waals surface area contributed by atoms with Gasteiger partial charge in [-0.05, 0) is 5.57 Å². The van der Waals surface area contributed by atoms with Gasteiger partial charge < -0.3 is 18.2 Å². The molecule has 0 aliphatic carbocycles. The van der Waals surface area contributed by atoms with Crippen LogP contribution in [0.5, 0.6) is 0 Å². The highest BCUT2D eigenvalue weighted by molar-refractivity contribution is 6.61. The van der Waals surface area contributed by atoms with E-state index in [1.54, 1.807) is 21.3 Å². The molecule has 1 aliphatic heterocycles. The second-order valence-corrected chi connectivity index (χ2v) is 6.46. The summed E-state index contributed by atoms with van der Waals surface area (Å²) in [5.41, 5.74) is 1.18. The van der Waals surface area contributed by atoms with E-state index in [2.05, 4.69) is 23.3 Å². The molecule has 1 rings (SSSR count). The van der Waals surface area contributed by atoms with E-state index in [0.717, 1.165) is 6.54 Å². The normalized spacial score (nSPS) is 16.8. The Morgan fingerprint density at radius 3 is 2.33 bits per heavy atom. The maximum absolute atomic E-state index is 5.38. The molecule has 0 spiro atoms. The number of likely N-dealkylation sites (N-methyl/N-ethyl adjacent to an activating group) is 1. The number of hydrogen-bond donors (Lipinski definition) is 0. The van der Waals surface area contributed by atoms with Crippen LogP contribution in [0.15, 0.2) is 23.9 Å². The summed E-state index contributed by atoms with van der Waals surface area (Å²) in [6.45, 7) is 0.949. The molecule has 0 saturated heterocycles. The molecule has 0 saturated carbocycles. The lowest BCUT2D eigenvalue weighted by molar-refractivity contribution is 0.126. The Bertz CT molecular complexity index is 253. The van der Waals surface area contributed by atoms with Gasteiger partial charge in [0.2, 0.25) is 0 Å². The highest BCUT2D eigenvalue weighted by Crippen LogP contribution is 2.21. The molecule has 5 heteroatoms. The zero-order valence-corrected chi connectivity index (χ0v) is 10.8. The number of hydrogen-bond acceptors (Lipinski definition) is 4. The summed E-state index contributed by atoms with van der Waals surface area (Å²) in [5.74, 6) is 0. The predicted molar refractivity (Wildman–Crippen MR) is 61.4 cm³/mol. The van der Waals surface area contributed by atoms with E-state index in [9.17, 15) is 0 Å². The molecule has 4 nitrogen and oxygen atoms in total. The molecule has 0 unspecified atom stereocenters. The quantitative estimate of drug-likeness (QED) is 0.664. The van der Waals surface area contributed by atoms with Crippen LogP contribution in [-0.4, -0.2) is 48.6 Å². The smallest absolute Gasteiger partial charge is 0.377 e. The topological polar surface area (TPSA) is 30.9 Å².